The fourth-order valence-corrected chi connectivity index (χ4v) is 8.62. The van der Waals surface area contributed by atoms with E-state index in [4.69, 9.17) is 4.74 Å². The maximum Gasteiger partial charge on any atom is 0.272 e. The van der Waals surface area contributed by atoms with Crippen LogP contribution in [0.4, 0.5) is 0 Å². The van der Waals surface area contributed by atoms with Crippen LogP contribution in [0.15, 0.2) is 18.6 Å². The van der Waals surface area contributed by atoms with E-state index >= 15 is 0 Å². The maximum absolute atomic E-state index is 14.7. The number of epoxide rings is 1. The number of fused-ring (bicyclic) bond motifs is 1. The minimum atomic E-state index is -1.19. The number of carbonyl (C=O) groups excluding carboxylic acids is 4. The second-order valence-electron chi connectivity index (χ2n) is 16.4. The second kappa shape index (κ2) is 15.6. The molecule has 1 aromatic heterocycles. The molecule has 5 N–H and O–H groups in total. The fourth-order valence-electron chi connectivity index (χ4n) is 8.62. The van der Waals surface area contributed by atoms with E-state index in [1.165, 1.54) is 18.6 Å². The summed E-state index contributed by atoms with van der Waals surface area (Å²) in [6.07, 6.45) is 13.6. The van der Waals surface area contributed by atoms with Crippen LogP contribution in [0.3, 0.4) is 0 Å². The van der Waals surface area contributed by atoms with Gasteiger partial charge in [0.2, 0.25) is 11.8 Å². The highest BCUT2D eigenvalue weighted by atomic mass is 16.6. The van der Waals surface area contributed by atoms with Gasteiger partial charge in [-0.15, -0.1) is 0 Å². The summed E-state index contributed by atoms with van der Waals surface area (Å²) in [5.41, 5.74) is -0.477. The first-order valence-electron chi connectivity index (χ1n) is 19.0. The number of aromatic nitrogens is 2. The van der Waals surface area contributed by atoms with E-state index in [0.29, 0.717) is 18.9 Å². The second-order valence-corrected chi connectivity index (χ2v) is 16.4. The van der Waals surface area contributed by atoms with Crippen molar-refractivity contribution in [1.82, 2.24) is 36.1 Å². The fraction of sp³-hybridized carbons (Fsp3) is 0.784. The van der Waals surface area contributed by atoms with Crippen molar-refractivity contribution in [3.05, 3.63) is 24.3 Å². The number of hydrogen-bond donors (Lipinski definition) is 5. The lowest BCUT2D eigenvalue weighted by Crippen LogP contribution is -2.61. The van der Waals surface area contributed by atoms with Crippen molar-refractivity contribution in [2.45, 2.75) is 153 Å². The lowest BCUT2D eigenvalue weighted by molar-refractivity contribution is -0.141. The molecule has 5 aliphatic rings. The molecule has 0 aromatic carbocycles. The first kappa shape index (κ1) is 36.6. The number of nitrogens with one attached hydrogen (secondary N) is 4. The van der Waals surface area contributed by atoms with Gasteiger partial charge in [-0.25, -0.2) is 4.98 Å². The van der Waals surface area contributed by atoms with Crippen molar-refractivity contribution >= 4 is 23.6 Å². The number of rotatable bonds is 14. The van der Waals surface area contributed by atoms with Gasteiger partial charge in [0.1, 0.15) is 36.2 Å². The maximum atomic E-state index is 14.7. The van der Waals surface area contributed by atoms with Crippen LogP contribution in [-0.4, -0.2) is 98.8 Å². The van der Waals surface area contributed by atoms with E-state index in [0.717, 1.165) is 70.6 Å². The Morgan fingerprint density at radius 3 is 2.40 bits per heavy atom. The smallest absolute Gasteiger partial charge is 0.272 e. The molecule has 0 radical (unpaired) electrons. The van der Waals surface area contributed by atoms with E-state index in [2.05, 4.69) is 31.2 Å². The number of aliphatic hydroxyl groups excluding tert-OH is 1. The van der Waals surface area contributed by atoms with Gasteiger partial charge in [0.05, 0.1) is 12.2 Å². The van der Waals surface area contributed by atoms with Crippen molar-refractivity contribution in [3.8, 4) is 0 Å². The van der Waals surface area contributed by atoms with E-state index < -0.39 is 35.6 Å². The summed E-state index contributed by atoms with van der Waals surface area (Å²) < 4.78 is 6.25. The molecule has 3 heterocycles. The quantitative estimate of drug-likeness (QED) is 0.183. The highest BCUT2D eigenvalue weighted by Gasteiger charge is 2.59. The van der Waals surface area contributed by atoms with Gasteiger partial charge in [-0.05, 0) is 68.1 Å². The van der Waals surface area contributed by atoms with Crippen LogP contribution in [0.5, 0.6) is 0 Å². The molecule has 276 valence electrons. The SMILES string of the molecule is CCCC(NC1OC1C1C2CCCC2CN1C(=O)C(NC(=O)C(NC(=O)c1cnccn1)C1CCCCC1)C(C)(C)C)C(O)C(=O)NC1CC1. The zero-order valence-corrected chi connectivity index (χ0v) is 30.1. The Morgan fingerprint density at radius 2 is 1.74 bits per heavy atom. The minimum Gasteiger partial charge on any atom is -0.382 e. The Kier molecular flexibility index (Phi) is 11.4. The van der Waals surface area contributed by atoms with Crippen LogP contribution in [0.25, 0.3) is 0 Å². The number of nitrogens with zero attached hydrogens (tertiary/aromatic N) is 3. The first-order chi connectivity index (χ1) is 24.0. The van der Waals surface area contributed by atoms with Crippen molar-refractivity contribution < 1.29 is 29.0 Å². The van der Waals surface area contributed by atoms with Gasteiger partial charge in [-0.1, -0.05) is 59.8 Å². The van der Waals surface area contributed by atoms with E-state index in [1.807, 2.05) is 32.6 Å². The van der Waals surface area contributed by atoms with Gasteiger partial charge in [0, 0.05) is 31.0 Å². The minimum absolute atomic E-state index is 0.0524. The zero-order chi connectivity index (χ0) is 35.6. The monoisotopic (exact) mass is 695 g/mol. The lowest BCUT2D eigenvalue weighted by Gasteiger charge is -2.38. The molecule has 0 spiro atoms. The Bertz CT molecular complexity index is 1360. The zero-order valence-electron chi connectivity index (χ0n) is 30.1. The number of hydrogen-bond acceptors (Lipinski definition) is 9. The highest BCUT2D eigenvalue weighted by molar-refractivity contribution is 5.97. The van der Waals surface area contributed by atoms with Gasteiger partial charge in [0.25, 0.3) is 11.8 Å². The van der Waals surface area contributed by atoms with Crippen molar-refractivity contribution in [3.63, 3.8) is 0 Å². The molecule has 2 aliphatic heterocycles. The molecule has 3 aliphatic carbocycles. The Hall–Kier alpha value is -3.16. The third kappa shape index (κ3) is 8.48. The van der Waals surface area contributed by atoms with Crippen molar-refractivity contribution in [2.75, 3.05) is 6.54 Å². The van der Waals surface area contributed by atoms with E-state index in [1.54, 1.807) is 0 Å². The normalized spacial score (nSPS) is 29.0. The van der Waals surface area contributed by atoms with Gasteiger partial charge < -0.3 is 30.7 Å². The largest absolute Gasteiger partial charge is 0.382 e. The summed E-state index contributed by atoms with van der Waals surface area (Å²) in [4.78, 5) is 64.9. The molecule has 13 heteroatoms. The first-order valence-corrected chi connectivity index (χ1v) is 19.0. The van der Waals surface area contributed by atoms with Crippen LogP contribution in [0, 0.1) is 23.2 Å². The van der Waals surface area contributed by atoms with Gasteiger partial charge >= 0.3 is 0 Å². The van der Waals surface area contributed by atoms with Crippen LogP contribution >= 0.6 is 0 Å². The molecular weight excluding hydrogens is 638 g/mol. The summed E-state index contributed by atoms with van der Waals surface area (Å²) in [5, 5.41) is 23.3. The Morgan fingerprint density at radius 1 is 0.980 bits per heavy atom. The lowest BCUT2D eigenvalue weighted by atomic mass is 9.82. The third-order valence-corrected chi connectivity index (χ3v) is 11.5. The van der Waals surface area contributed by atoms with Gasteiger partial charge in [-0.3, -0.25) is 29.5 Å². The average molecular weight is 696 g/mol. The molecule has 9 atom stereocenters. The van der Waals surface area contributed by atoms with Crippen LogP contribution < -0.4 is 21.3 Å². The van der Waals surface area contributed by atoms with Crippen LogP contribution in [0.1, 0.15) is 115 Å². The summed E-state index contributed by atoms with van der Waals surface area (Å²) >= 11 is 0. The molecule has 50 heavy (non-hydrogen) atoms. The number of aliphatic hydroxyl groups is 1. The predicted octanol–water partition coefficient (Wildman–Crippen LogP) is 2.44. The summed E-state index contributed by atoms with van der Waals surface area (Å²) in [5.74, 6) is -0.738. The predicted molar refractivity (Wildman–Crippen MR) is 185 cm³/mol. The molecular formula is C37H57N7O6. The van der Waals surface area contributed by atoms with Gasteiger partial charge in [-0.2, -0.15) is 0 Å². The molecule has 1 aromatic rings. The Labute approximate surface area is 295 Å². The number of ether oxygens (including phenoxy) is 1. The molecule has 13 nitrogen and oxygen atoms in total. The topological polar surface area (TPSA) is 178 Å². The summed E-state index contributed by atoms with van der Waals surface area (Å²) in [7, 11) is 0. The van der Waals surface area contributed by atoms with Crippen LogP contribution in [0.2, 0.25) is 0 Å². The van der Waals surface area contributed by atoms with Crippen molar-refractivity contribution in [2.24, 2.45) is 23.2 Å². The highest BCUT2D eigenvalue weighted by Crippen LogP contribution is 2.48. The molecule has 2 saturated heterocycles. The number of amides is 4. The third-order valence-electron chi connectivity index (χ3n) is 11.5. The summed E-state index contributed by atoms with van der Waals surface area (Å²) in [6.45, 7) is 8.49. The molecule has 5 fully saturated rings. The van der Waals surface area contributed by atoms with Gasteiger partial charge in [0.15, 0.2) is 0 Å². The molecule has 9 unspecified atom stereocenters. The van der Waals surface area contributed by atoms with Crippen LogP contribution in [-0.2, 0) is 19.1 Å². The molecule has 0 bridgehead atoms. The van der Waals surface area contributed by atoms with E-state index in [-0.39, 0.29) is 59.7 Å². The summed E-state index contributed by atoms with van der Waals surface area (Å²) in [6, 6.07) is -2.13. The van der Waals surface area contributed by atoms with E-state index in [9.17, 15) is 24.3 Å². The number of carbonyl (C=O) groups is 4. The average Bonchev–Trinajstić information content (AvgIpc) is 3.99. The molecule has 6 rings (SSSR count). The molecule has 3 saturated carbocycles. The molecule has 4 amide bonds. The van der Waals surface area contributed by atoms with Crippen molar-refractivity contribution in [1.29, 1.82) is 0 Å². The standard InChI is InChI=1S/C37H57N7O6/c1-5-10-25(29(45)34(48)40-23-15-16-23)41-35-30(50-35)28-24-14-9-13-22(24)20-44(28)36(49)31(37(2,3)4)43-33(47)27(21-11-7-6-8-12-21)42-32(46)26-19-38-17-18-39-26/h17-19,21-25,27-31,35,41,45H,5-16,20H2,1-4H3,(H,40,48)(H,42,46)(H,43,47). The Balaban J connectivity index is 1.17. The number of likely N-dealkylation sites (tertiary alicyclic amines) is 1.